The number of phenols is 1. The van der Waals surface area contributed by atoms with Gasteiger partial charge in [-0.05, 0) is 54.5 Å². The standard InChI is InChI=1S/C25H22N2O3/c1-3-17-8-6-10-19(16-17)27-23(26-21-12-5-4-11-20(21)25(27)29)15-14-18-9-7-13-22(30-2)24(18)28/h4-16,28H,3H2,1-2H3. The zero-order chi connectivity index (χ0) is 21.1. The molecule has 1 heterocycles. The lowest BCUT2D eigenvalue weighted by Crippen LogP contribution is -2.22. The second kappa shape index (κ2) is 8.25. The summed E-state index contributed by atoms with van der Waals surface area (Å²) in [6.07, 6.45) is 4.34. The molecule has 0 bridgehead atoms. The van der Waals surface area contributed by atoms with Gasteiger partial charge >= 0.3 is 0 Å². The van der Waals surface area contributed by atoms with Gasteiger partial charge in [-0.25, -0.2) is 4.98 Å². The largest absolute Gasteiger partial charge is 0.504 e. The number of hydrogen-bond donors (Lipinski definition) is 1. The quantitative estimate of drug-likeness (QED) is 0.523. The molecule has 0 unspecified atom stereocenters. The predicted octanol–water partition coefficient (Wildman–Crippen LogP) is 4.83. The second-order valence-corrected chi connectivity index (χ2v) is 6.88. The number of rotatable bonds is 5. The van der Waals surface area contributed by atoms with E-state index in [-0.39, 0.29) is 11.3 Å². The van der Waals surface area contributed by atoms with Gasteiger partial charge in [-0.3, -0.25) is 9.36 Å². The molecule has 4 aromatic rings. The summed E-state index contributed by atoms with van der Waals surface area (Å²) < 4.78 is 6.78. The summed E-state index contributed by atoms with van der Waals surface area (Å²) >= 11 is 0. The average molecular weight is 398 g/mol. The van der Waals surface area contributed by atoms with Gasteiger partial charge in [0, 0.05) is 5.56 Å². The highest BCUT2D eigenvalue weighted by Gasteiger charge is 2.12. The Bertz CT molecular complexity index is 1310. The molecule has 0 aliphatic heterocycles. The van der Waals surface area contributed by atoms with Crippen LogP contribution in [0.3, 0.4) is 0 Å². The Morgan fingerprint density at radius 2 is 1.83 bits per heavy atom. The van der Waals surface area contributed by atoms with Crippen LogP contribution in [0.1, 0.15) is 23.9 Å². The molecule has 0 atom stereocenters. The van der Waals surface area contributed by atoms with Gasteiger partial charge in [0.15, 0.2) is 11.5 Å². The molecule has 0 saturated heterocycles. The molecule has 0 radical (unpaired) electrons. The van der Waals surface area contributed by atoms with Crippen LogP contribution in [0.25, 0.3) is 28.7 Å². The number of aryl methyl sites for hydroxylation is 1. The van der Waals surface area contributed by atoms with E-state index in [1.54, 1.807) is 41.0 Å². The zero-order valence-corrected chi connectivity index (χ0v) is 16.9. The molecule has 0 fully saturated rings. The number of aromatic hydroxyl groups is 1. The van der Waals surface area contributed by atoms with Crippen molar-refractivity contribution in [2.75, 3.05) is 7.11 Å². The van der Waals surface area contributed by atoms with Crippen LogP contribution in [0.5, 0.6) is 11.5 Å². The van der Waals surface area contributed by atoms with Crippen LogP contribution < -0.4 is 10.3 Å². The Morgan fingerprint density at radius 3 is 2.63 bits per heavy atom. The Kier molecular flexibility index (Phi) is 5.35. The maximum Gasteiger partial charge on any atom is 0.266 e. The summed E-state index contributed by atoms with van der Waals surface area (Å²) in [5, 5.41) is 10.9. The Hall–Kier alpha value is -3.86. The molecule has 0 saturated carbocycles. The van der Waals surface area contributed by atoms with Crippen LogP contribution in [0.15, 0.2) is 71.5 Å². The lowest BCUT2D eigenvalue weighted by molar-refractivity contribution is 0.373. The number of aromatic nitrogens is 2. The highest BCUT2D eigenvalue weighted by Crippen LogP contribution is 2.30. The maximum atomic E-state index is 13.3. The Balaban J connectivity index is 1.93. The lowest BCUT2D eigenvalue weighted by Gasteiger charge is -2.12. The molecule has 0 spiro atoms. The SMILES string of the molecule is CCc1cccc(-n2c(C=Cc3cccc(OC)c3O)nc3ccccc3c2=O)c1. The Morgan fingerprint density at radius 1 is 1.03 bits per heavy atom. The number of nitrogens with zero attached hydrogens (tertiary/aromatic N) is 2. The van der Waals surface area contributed by atoms with Crippen molar-refractivity contribution in [2.45, 2.75) is 13.3 Å². The summed E-state index contributed by atoms with van der Waals surface area (Å²) in [6, 6.07) is 20.4. The van der Waals surface area contributed by atoms with Crippen LogP contribution in [0, 0.1) is 0 Å². The topological polar surface area (TPSA) is 64.3 Å². The van der Waals surface area contributed by atoms with Crippen molar-refractivity contribution < 1.29 is 9.84 Å². The predicted molar refractivity (Wildman–Crippen MR) is 120 cm³/mol. The third-order valence-corrected chi connectivity index (χ3v) is 5.04. The van der Waals surface area contributed by atoms with Crippen LogP contribution in [0.2, 0.25) is 0 Å². The van der Waals surface area contributed by atoms with E-state index in [1.807, 2.05) is 42.5 Å². The van der Waals surface area contributed by atoms with Crippen molar-refractivity contribution in [1.82, 2.24) is 9.55 Å². The summed E-state index contributed by atoms with van der Waals surface area (Å²) in [4.78, 5) is 18.1. The molecule has 5 nitrogen and oxygen atoms in total. The van der Waals surface area contributed by atoms with Gasteiger partial charge in [0.2, 0.25) is 0 Å². The molecule has 4 rings (SSSR count). The van der Waals surface area contributed by atoms with Gasteiger partial charge in [-0.1, -0.05) is 43.3 Å². The average Bonchev–Trinajstić information content (AvgIpc) is 2.78. The number of fused-ring (bicyclic) bond motifs is 1. The lowest BCUT2D eigenvalue weighted by atomic mass is 10.1. The number of benzene rings is 3. The summed E-state index contributed by atoms with van der Waals surface area (Å²) in [5.74, 6) is 0.907. The first kappa shape index (κ1) is 19.5. The fraction of sp³-hybridized carbons (Fsp3) is 0.120. The summed E-state index contributed by atoms with van der Waals surface area (Å²) in [7, 11) is 1.51. The fourth-order valence-corrected chi connectivity index (χ4v) is 3.43. The minimum absolute atomic E-state index is 0.0407. The summed E-state index contributed by atoms with van der Waals surface area (Å²) in [5.41, 5.74) is 2.95. The molecule has 0 aliphatic rings. The van der Waals surface area contributed by atoms with Crippen LogP contribution in [-0.2, 0) is 6.42 Å². The molecular weight excluding hydrogens is 376 g/mol. The van der Waals surface area contributed by atoms with Gasteiger partial charge in [-0.2, -0.15) is 0 Å². The summed E-state index contributed by atoms with van der Waals surface area (Å²) in [6.45, 7) is 2.08. The van der Waals surface area contributed by atoms with Crippen molar-refractivity contribution in [3.05, 3.63) is 94.0 Å². The minimum Gasteiger partial charge on any atom is -0.504 e. The van der Waals surface area contributed by atoms with Gasteiger partial charge in [-0.15, -0.1) is 0 Å². The van der Waals surface area contributed by atoms with Crippen molar-refractivity contribution in [2.24, 2.45) is 0 Å². The van der Waals surface area contributed by atoms with Crippen molar-refractivity contribution in [3.8, 4) is 17.2 Å². The van der Waals surface area contributed by atoms with Gasteiger partial charge < -0.3 is 9.84 Å². The van der Waals surface area contributed by atoms with E-state index in [2.05, 4.69) is 6.92 Å². The third kappa shape index (κ3) is 3.57. The molecule has 1 N–H and O–H groups in total. The molecule has 1 aromatic heterocycles. The highest BCUT2D eigenvalue weighted by molar-refractivity contribution is 5.80. The van der Waals surface area contributed by atoms with Crippen LogP contribution in [-0.4, -0.2) is 21.8 Å². The molecule has 0 aliphatic carbocycles. The highest BCUT2D eigenvalue weighted by atomic mass is 16.5. The number of ether oxygens (including phenoxy) is 1. The van der Waals surface area contributed by atoms with E-state index in [0.717, 1.165) is 17.7 Å². The van der Waals surface area contributed by atoms with Crippen molar-refractivity contribution in [1.29, 1.82) is 0 Å². The van der Waals surface area contributed by atoms with Gasteiger partial charge in [0.05, 0.1) is 23.7 Å². The molecule has 30 heavy (non-hydrogen) atoms. The van der Waals surface area contributed by atoms with E-state index in [9.17, 15) is 9.90 Å². The van der Waals surface area contributed by atoms with Crippen molar-refractivity contribution >= 4 is 23.1 Å². The normalized spacial score (nSPS) is 11.3. The van der Waals surface area contributed by atoms with Crippen LogP contribution in [0.4, 0.5) is 0 Å². The minimum atomic E-state index is -0.136. The van der Waals surface area contributed by atoms with Gasteiger partial charge in [0.25, 0.3) is 5.56 Å². The van der Waals surface area contributed by atoms with Crippen molar-refractivity contribution in [3.63, 3.8) is 0 Å². The van der Waals surface area contributed by atoms with E-state index >= 15 is 0 Å². The van der Waals surface area contributed by atoms with E-state index in [1.165, 1.54) is 7.11 Å². The third-order valence-electron chi connectivity index (χ3n) is 5.04. The fourth-order valence-electron chi connectivity index (χ4n) is 3.43. The molecule has 0 amide bonds. The Labute approximate surface area is 174 Å². The molecule has 5 heteroatoms. The van der Waals surface area contributed by atoms with E-state index in [4.69, 9.17) is 9.72 Å². The maximum absolute atomic E-state index is 13.3. The van der Waals surface area contributed by atoms with Crippen LogP contribution >= 0.6 is 0 Å². The van der Waals surface area contributed by atoms with E-state index in [0.29, 0.717) is 28.0 Å². The monoisotopic (exact) mass is 398 g/mol. The number of hydrogen-bond acceptors (Lipinski definition) is 4. The smallest absolute Gasteiger partial charge is 0.266 e. The molecule has 150 valence electrons. The first-order chi connectivity index (χ1) is 14.6. The van der Waals surface area contributed by atoms with Gasteiger partial charge in [0.1, 0.15) is 5.82 Å². The number of para-hydroxylation sites is 2. The van der Waals surface area contributed by atoms with E-state index < -0.39 is 0 Å². The second-order valence-electron chi connectivity index (χ2n) is 6.88. The molecular formula is C25H22N2O3. The zero-order valence-electron chi connectivity index (χ0n) is 16.9. The number of methoxy groups -OCH3 is 1. The first-order valence-corrected chi connectivity index (χ1v) is 9.77. The number of phenolic OH excluding ortho intramolecular Hbond substituents is 1. The first-order valence-electron chi connectivity index (χ1n) is 9.77. The molecule has 3 aromatic carbocycles.